The Bertz CT molecular complexity index is 255. The Labute approximate surface area is 98.1 Å². The van der Waals surface area contributed by atoms with Gasteiger partial charge in [-0.05, 0) is 69.6 Å². The van der Waals surface area contributed by atoms with Crippen LogP contribution in [0.3, 0.4) is 0 Å². The van der Waals surface area contributed by atoms with Crippen LogP contribution in [0.1, 0.15) is 52.4 Å². The predicted octanol–water partition coefficient (Wildman–Crippen LogP) is 2.33. The highest BCUT2D eigenvalue weighted by molar-refractivity contribution is 5.07. The summed E-state index contributed by atoms with van der Waals surface area (Å²) in [6.45, 7) is 4.09. The van der Waals surface area contributed by atoms with Crippen molar-refractivity contribution in [1.82, 2.24) is 0 Å². The van der Waals surface area contributed by atoms with Gasteiger partial charge in [0.05, 0.1) is 11.2 Å². The first-order chi connectivity index (χ1) is 7.42. The highest BCUT2D eigenvalue weighted by atomic mass is 16.3. The van der Waals surface area contributed by atoms with Crippen LogP contribution in [0.5, 0.6) is 0 Å². The fraction of sp³-hybridized carbons (Fsp3) is 1.00. The molecule has 2 N–H and O–H groups in total. The molecule has 0 heterocycles. The van der Waals surface area contributed by atoms with Gasteiger partial charge in [0.25, 0.3) is 0 Å². The number of hydrogen-bond donors (Lipinski definition) is 2. The van der Waals surface area contributed by atoms with Gasteiger partial charge in [-0.2, -0.15) is 0 Å². The van der Waals surface area contributed by atoms with Crippen LogP contribution in [-0.4, -0.2) is 21.4 Å². The number of rotatable bonds is 0. The molecular formula is C14H24O2. The molecule has 0 amide bonds. The maximum Gasteiger partial charge on any atom is 0.0676 e. The Morgan fingerprint density at radius 2 is 1.12 bits per heavy atom. The molecule has 2 nitrogen and oxygen atoms in total. The van der Waals surface area contributed by atoms with Crippen LogP contribution in [0, 0.1) is 23.7 Å². The van der Waals surface area contributed by atoms with Crippen molar-refractivity contribution in [1.29, 1.82) is 0 Å². The van der Waals surface area contributed by atoms with Crippen LogP contribution in [0.4, 0.5) is 0 Å². The van der Waals surface area contributed by atoms with E-state index in [9.17, 15) is 10.2 Å². The van der Waals surface area contributed by atoms with Crippen molar-refractivity contribution in [3.05, 3.63) is 0 Å². The largest absolute Gasteiger partial charge is 0.390 e. The van der Waals surface area contributed by atoms with E-state index in [1.54, 1.807) is 0 Å². The van der Waals surface area contributed by atoms with E-state index in [4.69, 9.17) is 0 Å². The Hall–Kier alpha value is -0.0800. The van der Waals surface area contributed by atoms with Gasteiger partial charge in [0, 0.05) is 0 Å². The summed E-state index contributed by atoms with van der Waals surface area (Å²) in [6.07, 6.45) is 6.60. The molecule has 4 rings (SSSR count). The third-order valence-electron chi connectivity index (χ3n) is 6.12. The average Bonchev–Trinajstić information content (AvgIpc) is 2.19. The van der Waals surface area contributed by atoms with Crippen molar-refractivity contribution >= 4 is 0 Å². The topological polar surface area (TPSA) is 40.5 Å². The lowest BCUT2D eigenvalue weighted by Gasteiger charge is -2.59. The van der Waals surface area contributed by atoms with Gasteiger partial charge in [-0.25, -0.2) is 0 Å². The molecule has 16 heavy (non-hydrogen) atoms. The fourth-order valence-corrected chi connectivity index (χ4v) is 4.75. The van der Waals surface area contributed by atoms with E-state index < -0.39 is 11.2 Å². The standard InChI is InChI=1S/C14H24O2/c1-13(15)9-4-3-5-10-7-11(13)8-12(6-9)14(10,2)16/h9-12,15-16H,3-8H2,1-2H3. The number of aliphatic hydroxyl groups is 2. The Kier molecular flexibility index (Phi) is 2.23. The zero-order chi connectivity index (χ0) is 11.6. The summed E-state index contributed by atoms with van der Waals surface area (Å²) in [5.41, 5.74) is -0.933. The van der Waals surface area contributed by atoms with Crippen LogP contribution in [-0.2, 0) is 0 Å². The van der Waals surface area contributed by atoms with E-state index in [0.717, 1.165) is 32.1 Å². The van der Waals surface area contributed by atoms with E-state index in [2.05, 4.69) is 0 Å². The van der Waals surface area contributed by atoms with Crippen molar-refractivity contribution in [2.45, 2.75) is 63.6 Å². The molecule has 4 aliphatic carbocycles. The predicted molar refractivity (Wildman–Crippen MR) is 62.9 cm³/mol. The lowest BCUT2D eigenvalue weighted by atomic mass is 9.50. The maximum atomic E-state index is 10.7. The summed E-state index contributed by atoms with van der Waals surface area (Å²) >= 11 is 0. The first-order valence-electron chi connectivity index (χ1n) is 6.87. The molecule has 0 aliphatic heterocycles. The van der Waals surface area contributed by atoms with E-state index in [1.807, 2.05) is 13.8 Å². The molecule has 0 aromatic carbocycles. The summed E-state index contributed by atoms with van der Waals surface area (Å²) < 4.78 is 0. The van der Waals surface area contributed by atoms with Gasteiger partial charge >= 0.3 is 0 Å². The molecule has 6 atom stereocenters. The van der Waals surface area contributed by atoms with Crippen molar-refractivity contribution < 1.29 is 10.2 Å². The van der Waals surface area contributed by atoms with E-state index in [1.165, 1.54) is 6.42 Å². The number of hydrogen-bond acceptors (Lipinski definition) is 2. The van der Waals surface area contributed by atoms with Crippen LogP contribution in [0.2, 0.25) is 0 Å². The van der Waals surface area contributed by atoms with Crippen LogP contribution in [0.25, 0.3) is 0 Å². The van der Waals surface area contributed by atoms with Gasteiger partial charge < -0.3 is 10.2 Å². The van der Waals surface area contributed by atoms with Gasteiger partial charge in [-0.3, -0.25) is 0 Å². The third kappa shape index (κ3) is 1.32. The molecule has 0 saturated heterocycles. The summed E-state index contributed by atoms with van der Waals surface area (Å²) in [5.74, 6) is 1.71. The van der Waals surface area contributed by atoms with E-state index in [-0.39, 0.29) is 0 Å². The average molecular weight is 224 g/mol. The van der Waals surface area contributed by atoms with Crippen LogP contribution in [0.15, 0.2) is 0 Å². The highest BCUT2D eigenvalue weighted by Gasteiger charge is 2.57. The summed E-state index contributed by atoms with van der Waals surface area (Å²) in [6, 6.07) is 0. The zero-order valence-electron chi connectivity index (χ0n) is 10.4. The van der Waals surface area contributed by atoms with Crippen molar-refractivity contribution in [2.75, 3.05) is 0 Å². The quantitative estimate of drug-likeness (QED) is 0.663. The summed E-state index contributed by atoms with van der Waals surface area (Å²) in [7, 11) is 0. The molecule has 0 spiro atoms. The minimum atomic E-state index is -0.467. The highest BCUT2D eigenvalue weighted by Crippen LogP contribution is 2.57. The second kappa shape index (κ2) is 3.23. The molecule has 0 radical (unpaired) electrons. The molecule has 4 saturated carbocycles. The van der Waals surface area contributed by atoms with Gasteiger partial charge in [-0.1, -0.05) is 6.42 Å². The molecular weight excluding hydrogens is 200 g/mol. The normalized spacial score (nSPS) is 60.8. The minimum Gasteiger partial charge on any atom is -0.390 e. The van der Waals surface area contributed by atoms with Gasteiger partial charge in [0.15, 0.2) is 0 Å². The first kappa shape index (κ1) is 11.0. The van der Waals surface area contributed by atoms with Crippen molar-refractivity contribution in [3.8, 4) is 0 Å². The zero-order valence-corrected chi connectivity index (χ0v) is 10.4. The van der Waals surface area contributed by atoms with E-state index in [0.29, 0.717) is 23.7 Å². The molecule has 6 unspecified atom stereocenters. The third-order valence-corrected chi connectivity index (χ3v) is 6.12. The smallest absolute Gasteiger partial charge is 0.0676 e. The van der Waals surface area contributed by atoms with Crippen LogP contribution >= 0.6 is 0 Å². The summed E-state index contributed by atoms with van der Waals surface area (Å²) in [4.78, 5) is 0. The molecule has 2 heteroatoms. The molecule has 4 fully saturated rings. The Balaban J connectivity index is 1.99. The van der Waals surface area contributed by atoms with Gasteiger partial charge in [0.2, 0.25) is 0 Å². The molecule has 92 valence electrons. The molecule has 4 aliphatic rings. The first-order valence-corrected chi connectivity index (χ1v) is 6.87. The monoisotopic (exact) mass is 224 g/mol. The second-order valence-corrected chi connectivity index (χ2v) is 6.88. The molecule has 0 aromatic rings. The Morgan fingerprint density at radius 3 is 1.56 bits per heavy atom. The molecule has 0 aromatic heterocycles. The van der Waals surface area contributed by atoms with Gasteiger partial charge in [0.1, 0.15) is 0 Å². The summed E-state index contributed by atoms with van der Waals surface area (Å²) in [5, 5.41) is 21.4. The van der Waals surface area contributed by atoms with E-state index >= 15 is 0 Å². The lowest BCUT2D eigenvalue weighted by Crippen LogP contribution is -2.60. The fourth-order valence-electron chi connectivity index (χ4n) is 4.75. The lowest BCUT2D eigenvalue weighted by molar-refractivity contribution is -0.199. The second-order valence-electron chi connectivity index (χ2n) is 6.88. The van der Waals surface area contributed by atoms with Crippen LogP contribution < -0.4 is 0 Å². The number of fused-ring (bicyclic) bond motifs is 2. The minimum absolute atomic E-state index is 0.420. The molecule has 4 bridgehead atoms. The van der Waals surface area contributed by atoms with Gasteiger partial charge in [-0.15, -0.1) is 0 Å². The maximum absolute atomic E-state index is 10.7. The Morgan fingerprint density at radius 1 is 0.750 bits per heavy atom. The van der Waals surface area contributed by atoms with Crippen molar-refractivity contribution in [3.63, 3.8) is 0 Å². The van der Waals surface area contributed by atoms with Crippen molar-refractivity contribution in [2.24, 2.45) is 23.7 Å². The SMILES string of the molecule is CC1(O)C2CCCC3CC1CC(C2)C3(C)O.